The van der Waals surface area contributed by atoms with Gasteiger partial charge in [-0.05, 0) is 23.6 Å². The highest BCUT2D eigenvalue weighted by Gasteiger charge is 2.12. The molecule has 0 radical (unpaired) electrons. The maximum Gasteiger partial charge on any atom is 0.226 e. The van der Waals surface area contributed by atoms with Crippen molar-refractivity contribution < 1.29 is 0 Å². The van der Waals surface area contributed by atoms with Crippen molar-refractivity contribution in [1.82, 2.24) is 15.0 Å². The number of nitrogens with zero attached hydrogens (tertiary/aromatic N) is 3. The Morgan fingerprint density at radius 3 is 2.82 bits per heavy atom. The van der Waals surface area contributed by atoms with Crippen molar-refractivity contribution in [3.63, 3.8) is 0 Å². The number of thiophene rings is 1. The molecule has 1 N–H and O–H groups in total. The second-order valence-electron chi connectivity index (χ2n) is 3.99. The van der Waals surface area contributed by atoms with E-state index in [4.69, 9.17) is 0 Å². The van der Waals surface area contributed by atoms with Gasteiger partial charge in [-0.1, -0.05) is 0 Å². The van der Waals surface area contributed by atoms with Gasteiger partial charge in [0.15, 0.2) is 0 Å². The molecule has 0 aliphatic heterocycles. The van der Waals surface area contributed by atoms with Gasteiger partial charge in [0.05, 0.1) is 15.9 Å². The molecule has 3 aromatic heterocycles. The van der Waals surface area contributed by atoms with E-state index in [-0.39, 0.29) is 0 Å². The lowest BCUT2D eigenvalue weighted by Gasteiger charge is -2.11. The minimum atomic E-state index is 0.737. The Balaban J connectivity index is 2.31. The second-order valence-corrected chi connectivity index (χ2v) is 4.90. The van der Waals surface area contributed by atoms with Crippen molar-refractivity contribution in [1.29, 1.82) is 0 Å². The molecule has 5 heteroatoms. The van der Waals surface area contributed by atoms with Crippen LogP contribution in [-0.2, 0) is 0 Å². The molecule has 0 spiro atoms. The van der Waals surface area contributed by atoms with Crippen molar-refractivity contribution in [2.75, 3.05) is 19.0 Å². The summed E-state index contributed by atoms with van der Waals surface area (Å²) in [6.45, 7) is 0. The van der Waals surface area contributed by atoms with Crippen LogP contribution in [0.25, 0.3) is 21.6 Å². The normalized spacial score (nSPS) is 10.9. The van der Waals surface area contributed by atoms with Crippen LogP contribution in [0.1, 0.15) is 0 Å². The highest BCUT2D eigenvalue weighted by molar-refractivity contribution is 7.17. The standard InChI is InChI=1S/C12H12N4S/c1-16(2)12-14-9-5-7-17-11(9)10(15-12)8-4-3-6-13-8/h3-7,13H,1-2H3. The first-order chi connectivity index (χ1) is 8.25. The van der Waals surface area contributed by atoms with Crippen molar-refractivity contribution in [2.45, 2.75) is 0 Å². The van der Waals surface area contributed by atoms with Crippen LogP contribution in [0.2, 0.25) is 0 Å². The number of aromatic amines is 1. The molecule has 0 atom stereocenters. The van der Waals surface area contributed by atoms with Crippen molar-refractivity contribution >= 4 is 27.5 Å². The first kappa shape index (κ1) is 10.3. The third-order valence-electron chi connectivity index (χ3n) is 2.54. The molecule has 86 valence electrons. The van der Waals surface area contributed by atoms with Crippen LogP contribution in [0.5, 0.6) is 0 Å². The Morgan fingerprint density at radius 2 is 2.12 bits per heavy atom. The minimum Gasteiger partial charge on any atom is -0.360 e. The summed E-state index contributed by atoms with van der Waals surface area (Å²) in [6.07, 6.45) is 1.91. The zero-order chi connectivity index (χ0) is 11.8. The topological polar surface area (TPSA) is 44.8 Å². The third-order valence-corrected chi connectivity index (χ3v) is 3.46. The molecular weight excluding hydrogens is 232 g/mol. The molecule has 3 aromatic rings. The Hall–Kier alpha value is -1.88. The van der Waals surface area contributed by atoms with Gasteiger partial charge in [0.2, 0.25) is 5.95 Å². The van der Waals surface area contributed by atoms with Crippen molar-refractivity contribution in [2.24, 2.45) is 0 Å². The van der Waals surface area contributed by atoms with E-state index < -0.39 is 0 Å². The van der Waals surface area contributed by atoms with E-state index in [1.165, 1.54) is 0 Å². The lowest BCUT2D eigenvalue weighted by atomic mass is 10.3. The van der Waals surface area contributed by atoms with Crippen LogP contribution in [0, 0.1) is 0 Å². The number of hydrogen-bond acceptors (Lipinski definition) is 4. The number of anilines is 1. The van der Waals surface area contributed by atoms with Crippen molar-refractivity contribution in [3.05, 3.63) is 29.8 Å². The summed E-state index contributed by atoms with van der Waals surface area (Å²) >= 11 is 1.67. The van der Waals surface area contributed by atoms with Gasteiger partial charge in [-0.25, -0.2) is 9.97 Å². The molecule has 0 unspecified atom stereocenters. The second kappa shape index (κ2) is 3.85. The number of H-pyrrole nitrogens is 1. The van der Waals surface area contributed by atoms with E-state index in [0.29, 0.717) is 0 Å². The van der Waals surface area contributed by atoms with Gasteiger partial charge in [0, 0.05) is 20.3 Å². The number of aromatic nitrogens is 3. The van der Waals surface area contributed by atoms with Crippen LogP contribution in [-0.4, -0.2) is 29.0 Å². The predicted octanol–water partition coefficient (Wildman–Crippen LogP) is 2.75. The predicted molar refractivity (Wildman–Crippen MR) is 71.5 cm³/mol. The molecule has 0 aliphatic rings. The lowest BCUT2D eigenvalue weighted by molar-refractivity contribution is 1.02. The van der Waals surface area contributed by atoms with Gasteiger partial charge in [0.1, 0.15) is 5.69 Å². The molecule has 0 bridgehead atoms. The minimum absolute atomic E-state index is 0.737. The molecule has 3 heterocycles. The van der Waals surface area contributed by atoms with E-state index >= 15 is 0 Å². The summed E-state index contributed by atoms with van der Waals surface area (Å²) in [5.74, 6) is 0.737. The zero-order valence-corrected chi connectivity index (χ0v) is 10.5. The van der Waals surface area contributed by atoms with Crippen LogP contribution >= 0.6 is 11.3 Å². The van der Waals surface area contributed by atoms with Crippen LogP contribution in [0.15, 0.2) is 29.8 Å². The van der Waals surface area contributed by atoms with E-state index in [0.717, 1.165) is 27.6 Å². The van der Waals surface area contributed by atoms with Gasteiger partial charge in [-0.15, -0.1) is 11.3 Å². The van der Waals surface area contributed by atoms with Gasteiger partial charge in [0.25, 0.3) is 0 Å². The number of hydrogen-bond donors (Lipinski definition) is 1. The highest BCUT2D eigenvalue weighted by atomic mass is 32.1. The summed E-state index contributed by atoms with van der Waals surface area (Å²) in [6, 6.07) is 6.04. The Bertz CT molecular complexity index is 640. The molecule has 0 fully saturated rings. The van der Waals surface area contributed by atoms with E-state index in [9.17, 15) is 0 Å². The average Bonchev–Trinajstić information content (AvgIpc) is 2.98. The quantitative estimate of drug-likeness (QED) is 0.754. The molecule has 17 heavy (non-hydrogen) atoms. The summed E-state index contributed by atoms with van der Waals surface area (Å²) in [7, 11) is 3.90. The molecule has 0 aromatic carbocycles. The first-order valence-electron chi connectivity index (χ1n) is 5.32. The van der Waals surface area contributed by atoms with Crippen LogP contribution < -0.4 is 4.90 Å². The fourth-order valence-electron chi connectivity index (χ4n) is 1.71. The Morgan fingerprint density at radius 1 is 1.24 bits per heavy atom. The summed E-state index contributed by atoms with van der Waals surface area (Å²) in [5, 5.41) is 2.05. The molecule has 3 rings (SSSR count). The molecule has 0 amide bonds. The maximum atomic E-state index is 4.61. The summed E-state index contributed by atoms with van der Waals surface area (Å²) in [4.78, 5) is 14.2. The Kier molecular flexibility index (Phi) is 2.33. The summed E-state index contributed by atoms with van der Waals surface area (Å²) < 4.78 is 1.12. The monoisotopic (exact) mass is 244 g/mol. The SMILES string of the molecule is CN(C)c1nc(-c2ccc[nH]2)c2sccc2n1. The first-order valence-corrected chi connectivity index (χ1v) is 6.20. The zero-order valence-electron chi connectivity index (χ0n) is 9.64. The number of rotatable bonds is 2. The lowest BCUT2D eigenvalue weighted by Crippen LogP contribution is -2.12. The fourth-order valence-corrected chi connectivity index (χ4v) is 2.55. The average molecular weight is 244 g/mol. The third kappa shape index (κ3) is 1.68. The Labute approximate surface area is 103 Å². The number of nitrogens with one attached hydrogen (secondary N) is 1. The van der Waals surface area contributed by atoms with Crippen LogP contribution in [0.3, 0.4) is 0 Å². The van der Waals surface area contributed by atoms with Crippen LogP contribution in [0.4, 0.5) is 5.95 Å². The van der Waals surface area contributed by atoms with Crippen molar-refractivity contribution in [3.8, 4) is 11.4 Å². The molecule has 0 saturated heterocycles. The highest BCUT2D eigenvalue weighted by Crippen LogP contribution is 2.30. The molecule has 4 nitrogen and oxygen atoms in total. The van der Waals surface area contributed by atoms with Gasteiger partial charge < -0.3 is 9.88 Å². The van der Waals surface area contributed by atoms with E-state index in [1.54, 1.807) is 11.3 Å². The molecule has 0 aliphatic carbocycles. The van der Waals surface area contributed by atoms with Gasteiger partial charge in [-0.2, -0.15) is 0 Å². The van der Waals surface area contributed by atoms with Gasteiger partial charge in [-0.3, -0.25) is 0 Å². The number of fused-ring (bicyclic) bond motifs is 1. The van der Waals surface area contributed by atoms with E-state index in [2.05, 4.69) is 15.0 Å². The largest absolute Gasteiger partial charge is 0.360 e. The summed E-state index contributed by atoms with van der Waals surface area (Å²) in [5.41, 5.74) is 3.00. The fraction of sp³-hybridized carbons (Fsp3) is 0.167. The smallest absolute Gasteiger partial charge is 0.226 e. The molecular formula is C12H12N4S. The maximum absolute atomic E-state index is 4.61. The van der Waals surface area contributed by atoms with Gasteiger partial charge >= 0.3 is 0 Å². The molecule has 0 saturated carbocycles. The van der Waals surface area contributed by atoms with E-state index in [1.807, 2.05) is 48.8 Å².